The van der Waals surface area contributed by atoms with Gasteiger partial charge in [0.15, 0.2) is 0 Å². The number of nitrogens with zero attached hydrogens (tertiary/aromatic N) is 3. The van der Waals surface area contributed by atoms with Gasteiger partial charge in [-0.2, -0.15) is 0 Å². The number of benzene rings is 9. The van der Waals surface area contributed by atoms with E-state index in [0.717, 1.165) is 56.1 Å². The molecule has 1 aliphatic heterocycles. The van der Waals surface area contributed by atoms with E-state index in [1.165, 1.54) is 49.4 Å². The summed E-state index contributed by atoms with van der Waals surface area (Å²) in [5.41, 5.74) is 14.3. The smallest absolute Gasteiger partial charge is 0.137 e. The summed E-state index contributed by atoms with van der Waals surface area (Å²) in [5, 5.41) is 7.14. The number of furan rings is 1. The fraction of sp³-hybridized carbons (Fsp3) is 0. The molecule has 11 aromatic rings. The third-order valence-corrected chi connectivity index (χ3v) is 11.5. The number of hydrogen-bond acceptors (Lipinski definition) is 3. The van der Waals surface area contributed by atoms with E-state index in [1.807, 2.05) is 12.1 Å². The van der Waals surface area contributed by atoms with Crippen LogP contribution in [-0.4, -0.2) is 4.57 Å². The molecule has 4 heteroatoms. The monoisotopic (exact) mass is 715 g/mol. The highest BCUT2D eigenvalue weighted by Gasteiger charge is 2.28. The number of rotatable bonds is 5. The lowest BCUT2D eigenvalue weighted by atomic mass is 9.90. The van der Waals surface area contributed by atoms with E-state index in [4.69, 9.17) is 4.42 Å². The molecule has 9 aromatic carbocycles. The van der Waals surface area contributed by atoms with Crippen LogP contribution in [0.5, 0.6) is 0 Å². The molecule has 0 saturated carbocycles. The lowest BCUT2D eigenvalue weighted by molar-refractivity contribution is 0.669. The van der Waals surface area contributed by atoms with E-state index >= 15 is 0 Å². The van der Waals surface area contributed by atoms with Gasteiger partial charge in [-0.05, 0) is 95.9 Å². The molecule has 0 bridgehead atoms. The van der Waals surface area contributed by atoms with Crippen LogP contribution in [0, 0.1) is 0 Å². The largest absolute Gasteiger partial charge is 0.456 e. The van der Waals surface area contributed by atoms with Crippen molar-refractivity contribution in [2.75, 3.05) is 9.80 Å². The Hall–Kier alpha value is -7.56. The summed E-state index contributed by atoms with van der Waals surface area (Å²) in [7, 11) is 0. The summed E-state index contributed by atoms with van der Waals surface area (Å²) < 4.78 is 8.86. The van der Waals surface area contributed by atoms with Gasteiger partial charge in [-0.1, -0.05) is 109 Å². The molecule has 2 aromatic heterocycles. The number of aromatic nitrogens is 1. The highest BCUT2D eigenvalue weighted by Crippen LogP contribution is 2.53. The van der Waals surface area contributed by atoms with Crippen LogP contribution in [0.1, 0.15) is 0 Å². The van der Waals surface area contributed by atoms with Crippen LogP contribution in [0.2, 0.25) is 0 Å². The standard InChI is InChI=1S/C52H33N3O/c1-3-15-35(16-4-1)54-46-22-9-7-19-40(46)45-31-37(27-30-47(45)54)53(39-26-29-43-42-20-8-10-24-50(42)56-51(43)33-39)38-25-28-41-44-21-11-13-34-14-12-23-48(52(34)44)55(49(41)32-38)36-17-5-2-6-18-36/h1-33H. The molecule has 0 radical (unpaired) electrons. The Morgan fingerprint density at radius 2 is 1.02 bits per heavy atom. The summed E-state index contributed by atoms with van der Waals surface area (Å²) in [4.78, 5) is 4.80. The summed E-state index contributed by atoms with van der Waals surface area (Å²) in [6.07, 6.45) is 0. The summed E-state index contributed by atoms with van der Waals surface area (Å²) in [6.45, 7) is 0. The number of para-hydroxylation sites is 4. The molecule has 0 unspecified atom stereocenters. The minimum absolute atomic E-state index is 0.861. The lowest BCUT2D eigenvalue weighted by Gasteiger charge is -2.35. The normalized spacial score (nSPS) is 12.2. The highest BCUT2D eigenvalue weighted by molar-refractivity contribution is 6.15. The number of hydrogen-bond donors (Lipinski definition) is 0. The van der Waals surface area contributed by atoms with Crippen LogP contribution >= 0.6 is 0 Å². The molecule has 0 N–H and O–H groups in total. The van der Waals surface area contributed by atoms with Gasteiger partial charge in [-0.25, -0.2) is 0 Å². The maximum absolute atomic E-state index is 6.49. The molecule has 262 valence electrons. The maximum Gasteiger partial charge on any atom is 0.137 e. The quantitative estimate of drug-likeness (QED) is 0.177. The van der Waals surface area contributed by atoms with Crippen molar-refractivity contribution in [3.8, 4) is 16.8 Å². The third kappa shape index (κ3) is 4.53. The molecule has 0 amide bonds. The Bertz CT molecular complexity index is 3320. The van der Waals surface area contributed by atoms with Crippen LogP contribution in [0.3, 0.4) is 0 Å². The molecule has 3 heterocycles. The fourth-order valence-corrected chi connectivity index (χ4v) is 9.04. The predicted octanol–water partition coefficient (Wildman–Crippen LogP) is 14.8. The Labute approximate surface area is 323 Å². The lowest BCUT2D eigenvalue weighted by Crippen LogP contribution is -2.16. The molecule has 0 spiro atoms. The Morgan fingerprint density at radius 3 is 1.88 bits per heavy atom. The van der Waals surface area contributed by atoms with Gasteiger partial charge in [0.25, 0.3) is 0 Å². The summed E-state index contributed by atoms with van der Waals surface area (Å²) in [5.74, 6) is 0. The summed E-state index contributed by atoms with van der Waals surface area (Å²) in [6, 6.07) is 72.1. The first kappa shape index (κ1) is 30.9. The van der Waals surface area contributed by atoms with Crippen molar-refractivity contribution in [1.82, 2.24) is 4.57 Å². The molecule has 0 aliphatic carbocycles. The SMILES string of the molecule is c1ccc(N2c3cc(N(c4ccc5c(c4)oc4ccccc45)c4ccc5c(c4)c4ccccc4n5-c4ccccc4)ccc3-c3cccc4cccc2c34)cc1. The first-order chi connectivity index (χ1) is 27.8. The average Bonchev–Trinajstić information content (AvgIpc) is 3.80. The highest BCUT2D eigenvalue weighted by atomic mass is 16.3. The maximum atomic E-state index is 6.49. The number of anilines is 6. The van der Waals surface area contributed by atoms with E-state index in [9.17, 15) is 0 Å². The van der Waals surface area contributed by atoms with Gasteiger partial charge in [-0.15, -0.1) is 0 Å². The van der Waals surface area contributed by atoms with Gasteiger partial charge in [0.2, 0.25) is 0 Å². The van der Waals surface area contributed by atoms with Crippen molar-refractivity contribution in [2.24, 2.45) is 0 Å². The van der Waals surface area contributed by atoms with Gasteiger partial charge in [0, 0.05) is 67.0 Å². The second kappa shape index (κ2) is 12.0. The molecular weight excluding hydrogens is 683 g/mol. The molecule has 56 heavy (non-hydrogen) atoms. The van der Waals surface area contributed by atoms with Crippen molar-refractivity contribution < 1.29 is 4.42 Å². The Balaban J connectivity index is 1.12. The van der Waals surface area contributed by atoms with Crippen molar-refractivity contribution >= 4 is 88.6 Å². The van der Waals surface area contributed by atoms with Crippen molar-refractivity contribution in [3.05, 3.63) is 200 Å². The van der Waals surface area contributed by atoms with Crippen molar-refractivity contribution in [2.45, 2.75) is 0 Å². The van der Waals surface area contributed by atoms with Crippen LogP contribution in [-0.2, 0) is 0 Å². The Morgan fingerprint density at radius 1 is 0.375 bits per heavy atom. The van der Waals surface area contributed by atoms with Gasteiger partial charge in [0.05, 0.1) is 22.4 Å². The third-order valence-electron chi connectivity index (χ3n) is 11.5. The molecule has 0 saturated heterocycles. The van der Waals surface area contributed by atoms with Gasteiger partial charge in [0.1, 0.15) is 11.2 Å². The molecule has 0 fully saturated rings. The second-order valence-corrected chi connectivity index (χ2v) is 14.6. The number of fused-ring (bicyclic) bond motifs is 8. The van der Waals surface area contributed by atoms with Crippen molar-refractivity contribution in [3.63, 3.8) is 0 Å². The van der Waals surface area contributed by atoms with Crippen LogP contribution in [0.4, 0.5) is 34.1 Å². The summed E-state index contributed by atoms with van der Waals surface area (Å²) >= 11 is 0. The molecule has 1 aliphatic rings. The minimum Gasteiger partial charge on any atom is -0.456 e. The Kier molecular flexibility index (Phi) is 6.60. The van der Waals surface area contributed by atoms with Crippen LogP contribution in [0.25, 0.3) is 71.3 Å². The average molecular weight is 716 g/mol. The van der Waals surface area contributed by atoms with E-state index in [1.54, 1.807) is 0 Å². The van der Waals surface area contributed by atoms with Crippen LogP contribution in [0.15, 0.2) is 205 Å². The second-order valence-electron chi connectivity index (χ2n) is 14.6. The minimum atomic E-state index is 0.861. The predicted molar refractivity (Wildman–Crippen MR) is 234 cm³/mol. The zero-order valence-corrected chi connectivity index (χ0v) is 30.3. The molecule has 12 rings (SSSR count). The first-order valence-electron chi connectivity index (χ1n) is 19.1. The molecule has 4 nitrogen and oxygen atoms in total. The van der Waals surface area contributed by atoms with E-state index < -0.39 is 0 Å². The van der Waals surface area contributed by atoms with Gasteiger partial charge >= 0.3 is 0 Å². The fourth-order valence-electron chi connectivity index (χ4n) is 9.04. The topological polar surface area (TPSA) is 24.6 Å². The molecular formula is C52H33N3O. The molecule has 0 atom stereocenters. The van der Waals surface area contributed by atoms with E-state index in [-0.39, 0.29) is 0 Å². The zero-order chi connectivity index (χ0) is 36.7. The van der Waals surface area contributed by atoms with Crippen molar-refractivity contribution in [1.29, 1.82) is 0 Å². The first-order valence-corrected chi connectivity index (χ1v) is 19.1. The van der Waals surface area contributed by atoms with Gasteiger partial charge < -0.3 is 18.8 Å². The van der Waals surface area contributed by atoms with E-state index in [2.05, 4.69) is 202 Å². The van der Waals surface area contributed by atoms with Crippen LogP contribution < -0.4 is 9.80 Å². The van der Waals surface area contributed by atoms with E-state index in [0.29, 0.717) is 0 Å². The zero-order valence-electron chi connectivity index (χ0n) is 30.3. The van der Waals surface area contributed by atoms with Gasteiger partial charge in [-0.3, -0.25) is 0 Å².